The van der Waals surface area contributed by atoms with Crippen molar-refractivity contribution in [3.63, 3.8) is 0 Å². The lowest BCUT2D eigenvalue weighted by Crippen LogP contribution is -2.33. The second-order valence-corrected chi connectivity index (χ2v) is 5.30. The van der Waals surface area contributed by atoms with E-state index in [4.69, 9.17) is 29.6 Å². The van der Waals surface area contributed by atoms with Gasteiger partial charge in [0.1, 0.15) is 4.99 Å². The predicted octanol–water partition coefficient (Wildman–Crippen LogP) is 3.96. The SMILES string of the molecule is CCC(C)(CC)Nc1ccc(C(N)=S)cc1Cl. The van der Waals surface area contributed by atoms with E-state index in [2.05, 4.69) is 26.1 Å². The van der Waals surface area contributed by atoms with Crippen LogP contribution in [-0.2, 0) is 0 Å². The first kappa shape index (κ1) is 14.3. The van der Waals surface area contributed by atoms with Gasteiger partial charge in [-0.15, -0.1) is 0 Å². The van der Waals surface area contributed by atoms with Crippen molar-refractivity contribution >= 4 is 34.5 Å². The summed E-state index contributed by atoms with van der Waals surface area (Å²) in [7, 11) is 0. The number of halogens is 1. The summed E-state index contributed by atoms with van der Waals surface area (Å²) < 4.78 is 0. The van der Waals surface area contributed by atoms with Gasteiger partial charge in [-0.1, -0.05) is 37.7 Å². The minimum atomic E-state index is 0.0639. The van der Waals surface area contributed by atoms with Crippen LogP contribution in [-0.4, -0.2) is 10.5 Å². The Morgan fingerprint density at radius 3 is 2.41 bits per heavy atom. The quantitative estimate of drug-likeness (QED) is 0.796. The summed E-state index contributed by atoms with van der Waals surface area (Å²) in [5.41, 5.74) is 7.35. The fourth-order valence-electron chi connectivity index (χ4n) is 1.52. The number of hydrogen-bond acceptors (Lipinski definition) is 2. The van der Waals surface area contributed by atoms with Gasteiger partial charge in [0.2, 0.25) is 0 Å². The Morgan fingerprint density at radius 1 is 1.41 bits per heavy atom. The van der Waals surface area contributed by atoms with Crippen molar-refractivity contribution < 1.29 is 0 Å². The third-order valence-electron chi connectivity index (χ3n) is 3.25. The lowest BCUT2D eigenvalue weighted by atomic mass is 9.95. The molecule has 0 aliphatic rings. The Hall–Kier alpha value is -0.800. The summed E-state index contributed by atoms with van der Waals surface area (Å²) in [6.45, 7) is 6.51. The van der Waals surface area contributed by atoms with Gasteiger partial charge < -0.3 is 11.1 Å². The second-order valence-electron chi connectivity index (χ2n) is 4.45. The van der Waals surface area contributed by atoms with Crippen LogP contribution in [0.1, 0.15) is 39.2 Å². The van der Waals surface area contributed by atoms with Crippen LogP contribution in [0.15, 0.2) is 18.2 Å². The van der Waals surface area contributed by atoms with E-state index in [0.29, 0.717) is 10.0 Å². The number of anilines is 1. The molecule has 0 amide bonds. The topological polar surface area (TPSA) is 38.0 Å². The number of hydrogen-bond donors (Lipinski definition) is 2. The van der Waals surface area contributed by atoms with Crippen molar-refractivity contribution in [2.24, 2.45) is 5.73 Å². The van der Waals surface area contributed by atoms with Crippen LogP contribution in [0.2, 0.25) is 5.02 Å². The summed E-state index contributed by atoms with van der Waals surface area (Å²) in [6, 6.07) is 5.63. The molecule has 3 N–H and O–H groups in total. The Bertz CT molecular complexity index is 414. The van der Waals surface area contributed by atoms with Crippen molar-refractivity contribution in [2.75, 3.05) is 5.32 Å². The maximum absolute atomic E-state index is 6.22. The smallest absolute Gasteiger partial charge is 0.104 e. The average molecular weight is 271 g/mol. The lowest BCUT2D eigenvalue weighted by molar-refractivity contribution is 0.478. The first-order valence-corrected chi connectivity index (χ1v) is 6.58. The molecule has 2 nitrogen and oxygen atoms in total. The Balaban J connectivity index is 2.97. The highest BCUT2D eigenvalue weighted by molar-refractivity contribution is 7.80. The highest BCUT2D eigenvalue weighted by Gasteiger charge is 2.20. The number of nitrogens with two attached hydrogens (primary N) is 1. The van der Waals surface area contributed by atoms with Gasteiger partial charge in [-0.05, 0) is 38.0 Å². The van der Waals surface area contributed by atoms with Crippen LogP contribution in [0.5, 0.6) is 0 Å². The van der Waals surface area contributed by atoms with E-state index in [1.807, 2.05) is 12.1 Å². The van der Waals surface area contributed by atoms with E-state index in [0.717, 1.165) is 24.1 Å². The third kappa shape index (κ3) is 3.58. The van der Waals surface area contributed by atoms with Gasteiger partial charge in [-0.3, -0.25) is 0 Å². The molecule has 0 aromatic heterocycles. The molecule has 17 heavy (non-hydrogen) atoms. The van der Waals surface area contributed by atoms with E-state index < -0.39 is 0 Å². The summed E-state index contributed by atoms with van der Waals surface area (Å²) in [5, 5.41) is 4.13. The molecule has 0 heterocycles. The Labute approximate surface area is 114 Å². The van der Waals surface area contributed by atoms with Gasteiger partial charge in [0.05, 0.1) is 10.7 Å². The highest BCUT2D eigenvalue weighted by atomic mass is 35.5. The zero-order valence-corrected chi connectivity index (χ0v) is 12.1. The van der Waals surface area contributed by atoms with Crippen molar-refractivity contribution in [3.8, 4) is 0 Å². The number of rotatable bonds is 5. The summed E-state index contributed by atoms with van der Waals surface area (Å²) in [6.07, 6.45) is 2.08. The van der Waals surface area contributed by atoms with Gasteiger partial charge >= 0.3 is 0 Å². The molecule has 0 radical (unpaired) electrons. The zero-order chi connectivity index (χ0) is 13.1. The molecule has 1 aromatic carbocycles. The molecular formula is C13H19ClN2S. The molecule has 4 heteroatoms. The molecule has 0 saturated heterocycles. The highest BCUT2D eigenvalue weighted by Crippen LogP contribution is 2.28. The summed E-state index contributed by atoms with van der Waals surface area (Å²) >= 11 is 11.1. The standard InChI is InChI=1S/C13H19ClN2S/c1-4-13(3,5-2)16-11-7-6-9(12(15)17)8-10(11)14/h6-8,16H,4-5H2,1-3H3,(H2,15,17). The molecule has 1 aromatic rings. The fraction of sp³-hybridized carbons (Fsp3) is 0.462. The van der Waals surface area contributed by atoms with Crippen LogP contribution in [0.3, 0.4) is 0 Å². The molecule has 0 atom stereocenters. The van der Waals surface area contributed by atoms with Crippen molar-refractivity contribution in [1.82, 2.24) is 0 Å². The van der Waals surface area contributed by atoms with E-state index in [9.17, 15) is 0 Å². The second kappa shape index (κ2) is 5.69. The van der Waals surface area contributed by atoms with Crippen LogP contribution in [0.25, 0.3) is 0 Å². The van der Waals surface area contributed by atoms with Gasteiger partial charge in [0.15, 0.2) is 0 Å². The zero-order valence-electron chi connectivity index (χ0n) is 10.5. The van der Waals surface area contributed by atoms with Gasteiger partial charge in [0.25, 0.3) is 0 Å². The molecule has 0 aliphatic heterocycles. The van der Waals surface area contributed by atoms with Crippen LogP contribution in [0.4, 0.5) is 5.69 Å². The molecule has 0 saturated carbocycles. The summed E-state index contributed by atoms with van der Waals surface area (Å²) in [5.74, 6) is 0. The summed E-state index contributed by atoms with van der Waals surface area (Å²) in [4.78, 5) is 0.368. The van der Waals surface area contributed by atoms with E-state index in [1.54, 1.807) is 6.07 Å². The lowest BCUT2D eigenvalue weighted by Gasteiger charge is -2.30. The van der Waals surface area contributed by atoms with Crippen LogP contribution < -0.4 is 11.1 Å². The number of thiocarbonyl (C=S) groups is 1. The molecule has 0 fully saturated rings. The molecule has 94 valence electrons. The molecule has 1 rings (SSSR count). The predicted molar refractivity (Wildman–Crippen MR) is 79.9 cm³/mol. The molecule has 0 spiro atoms. The van der Waals surface area contributed by atoms with Crippen molar-refractivity contribution in [3.05, 3.63) is 28.8 Å². The number of nitrogens with one attached hydrogen (secondary N) is 1. The largest absolute Gasteiger partial charge is 0.389 e. The number of benzene rings is 1. The van der Waals surface area contributed by atoms with E-state index in [-0.39, 0.29) is 5.54 Å². The third-order valence-corrected chi connectivity index (χ3v) is 3.80. The molecular weight excluding hydrogens is 252 g/mol. The first-order chi connectivity index (χ1) is 7.91. The molecule has 0 unspecified atom stereocenters. The molecule has 0 bridgehead atoms. The average Bonchev–Trinajstić information content (AvgIpc) is 2.31. The van der Waals surface area contributed by atoms with E-state index in [1.165, 1.54) is 0 Å². The van der Waals surface area contributed by atoms with Crippen molar-refractivity contribution in [2.45, 2.75) is 39.2 Å². The molecule has 0 aliphatic carbocycles. The maximum atomic E-state index is 6.22. The minimum absolute atomic E-state index is 0.0639. The minimum Gasteiger partial charge on any atom is -0.389 e. The van der Waals surface area contributed by atoms with E-state index >= 15 is 0 Å². The normalized spacial score (nSPS) is 11.3. The maximum Gasteiger partial charge on any atom is 0.104 e. The van der Waals surface area contributed by atoms with Gasteiger partial charge in [-0.25, -0.2) is 0 Å². The van der Waals surface area contributed by atoms with Crippen molar-refractivity contribution in [1.29, 1.82) is 0 Å². The van der Waals surface area contributed by atoms with Gasteiger partial charge in [-0.2, -0.15) is 0 Å². The Kier molecular flexibility index (Phi) is 4.78. The Morgan fingerprint density at radius 2 is 2.00 bits per heavy atom. The first-order valence-electron chi connectivity index (χ1n) is 5.79. The monoisotopic (exact) mass is 270 g/mol. The van der Waals surface area contributed by atoms with Crippen LogP contribution >= 0.6 is 23.8 Å². The fourth-order valence-corrected chi connectivity index (χ4v) is 1.88. The van der Waals surface area contributed by atoms with Crippen LogP contribution in [0, 0.1) is 0 Å². The van der Waals surface area contributed by atoms with Gasteiger partial charge in [0, 0.05) is 11.1 Å².